The molecule has 0 saturated heterocycles. The van der Waals surface area contributed by atoms with E-state index in [1.54, 1.807) is 24.3 Å². The van der Waals surface area contributed by atoms with Crippen molar-refractivity contribution in [2.75, 3.05) is 12.8 Å². The Kier molecular flexibility index (Phi) is 3.53. The highest BCUT2D eigenvalue weighted by Crippen LogP contribution is 2.29. The zero-order valence-electron chi connectivity index (χ0n) is 9.81. The largest absolute Gasteiger partial charge is 0.465 e. The number of carbonyl (C=O) groups is 1. The van der Waals surface area contributed by atoms with Crippen molar-refractivity contribution in [1.82, 2.24) is 0 Å². The average Bonchev–Trinajstić information content (AvgIpc) is 2.38. The second-order valence-corrected chi connectivity index (χ2v) is 4.18. The quantitative estimate of drug-likeness (QED) is 0.666. The third-order valence-electron chi connectivity index (χ3n) is 2.64. The number of methoxy groups -OCH3 is 1. The monoisotopic (exact) mass is 261 g/mol. The average molecular weight is 262 g/mol. The predicted molar refractivity (Wildman–Crippen MR) is 72.6 cm³/mol. The van der Waals surface area contributed by atoms with Gasteiger partial charge in [-0.3, -0.25) is 0 Å². The summed E-state index contributed by atoms with van der Waals surface area (Å²) in [7, 11) is 1.32. The van der Waals surface area contributed by atoms with Crippen molar-refractivity contribution in [3.05, 3.63) is 53.1 Å². The van der Waals surface area contributed by atoms with E-state index >= 15 is 0 Å². The summed E-state index contributed by atoms with van der Waals surface area (Å²) in [6.07, 6.45) is 0. The SMILES string of the molecule is COC(=O)c1ccc(-c2ccccc2Cl)cc1N. The number of carbonyl (C=O) groups excluding carboxylic acids is 1. The maximum Gasteiger partial charge on any atom is 0.339 e. The van der Waals surface area contributed by atoms with Crippen LogP contribution in [0.1, 0.15) is 10.4 Å². The van der Waals surface area contributed by atoms with E-state index in [0.29, 0.717) is 16.3 Å². The van der Waals surface area contributed by atoms with Crippen LogP contribution in [0.15, 0.2) is 42.5 Å². The third-order valence-corrected chi connectivity index (χ3v) is 2.97. The van der Waals surface area contributed by atoms with Gasteiger partial charge >= 0.3 is 5.97 Å². The highest BCUT2D eigenvalue weighted by Gasteiger charge is 2.11. The first-order chi connectivity index (χ1) is 8.63. The summed E-state index contributed by atoms with van der Waals surface area (Å²) >= 11 is 6.11. The summed E-state index contributed by atoms with van der Waals surface area (Å²) in [5.41, 5.74) is 8.31. The van der Waals surface area contributed by atoms with E-state index in [0.717, 1.165) is 11.1 Å². The van der Waals surface area contributed by atoms with Crippen molar-refractivity contribution in [3.63, 3.8) is 0 Å². The molecule has 4 heteroatoms. The van der Waals surface area contributed by atoms with Gasteiger partial charge in [0.25, 0.3) is 0 Å². The molecule has 0 atom stereocenters. The maximum atomic E-state index is 11.4. The van der Waals surface area contributed by atoms with Crippen molar-refractivity contribution < 1.29 is 9.53 Å². The second kappa shape index (κ2) is 5.10. The summed E-state index contributed by atoms with van der Waals surface area (Å²) in [6, 6.07) is 12.6. The van der Waals surface area contributed by atoms with E-state index in [4.69, 9.17) is 17.3 Å². The smallest absolute Gasteiger partial charge is 0.339 e. The lowest BCUT2D eigenvalue weighted by molar-refractivity contribution is 0.0602. The normalized spacial score (nSPS) is 10.1. The molecule has 2 aromatic rings. The number of ether oxygens (including phenoxy) is 1. The van der Waals surface area contributed by atoms with Crippen LogP contribution in [0.2, 0.25) is 5.02 Å². The molecule has 0 bridgehead atoms. The van der Waals surface area contributed by atoms with Gasteiger partial charge in [0.05, 0.1) is 12.7 Å². The number of anilines is 1. The molecule has 0 amide bonds. The lowest BCUT2D eigenvalue weighted by Gasteiger charge is -2.08. The van der Waals surface area contributed by atoms with Gasteiger partial charge in [-0.05, 0) is 23.8 Å². The molecule has 0 heterocycles. The number of rotatable bonds is 2. The van der Waals surface area contributed by atoms with Crippen molar-refractivity contribution in [1.29, 1.82) is 0 Å². The topological polar surface area (TPSA) is 52.3 Å². The summed E-state index contributed by atoms with van der Waals surface area (Å²) < 4.78 is 4.64. The molecule has 0 unspecified atom stereocenters. The van der Waals surface area contributed by atoms with E-state index in [-0.39, 0.29) is 0 Å². The summed E-state index contributed by atoms with van der Waals surface area (Å²) in [6.45, 7) is 0. The molecular formula is C14H12ClNO2. The van der Waals surface area contributed by atoms with E-state index in [2.05, 4.69) is 4.74 Å². The Hall–Kier alpha value is -2.00. The Balaban J connectivity index is 2.47. The fourth-order valence-corrected chi connectivity index (χ4v) is 1.97. The van der Waals surface area contributed by atoms with Gasteiger partial charge in [-0.2, -0.15) is 0 Å². The number of benzene rings is 2. The van der Waals surface area contributed by atoms with E-state index in [1.165, 1.54) is 7.11 Å². The molecule has 2 aromatic carbocycles. The summed E-state index contributed by atoms with van der Waals surface area (Å²) in [5, 5.41) is 0.641. The number of esters is 1. The Labute approximate surface area is 110 Å². The zero-order chi connectivity index (χ0) is 13.1. The minimum atomic E-state index is -0.446. The maximum absolute atomic E-state index is 11.4. The van der Waals surface area contributed by atoms with Gasteiger partial charge in [0, 0.05) is 16.3 Å². The first-order valence-electron chi connectivity index (χ1n) is 5.36. The lowest BCUT2D eigenvalue weighted by atomic mass is 10.0. The van der Waals surface area contributed by atoms with Crippen molar-refractivity contribution in [2.24, 2.45) is 0 Å². The van der Waals surface area contributed by atoms with Crippen LogP contribution in [0.25, 0.3) is 11.1 Å². The second-order valence-electron chi connectivity index (χ2n) is 3.77. The Morgan fingerprint density at radius 2 is 1.94 bits per heavy atom. The van der Waals surface area contributed by atoms with E-state index in [1.807, 2.05) is 18.2 Å². The first-order valence-corrected chi connectivity index (χ1v) is 5.74. The fourth-order valence-electron chi connectivity index (χ4n) is 1.72. The van der Waals surface area contributed by atoms with Crippen molar-refractivity contribution in [3.8, 4) is 11.1 Å². The van der Waals surface area contributed by atoms with Gasteiger partial charge in [0.2, 0.25) is 0 Å². The Bertz CT molecular complexity index is 596. The van der Waals surface area contributed by atoms with Gasteiger partial charge in [-0.1, -0.05) is 35.9 Å². The van der Waals surface area contributed by atoms with Crippen molar-refractivity contribution >= 4 is 23.3 Å². The number of hydrogen-bond acceptors (Lipinski definition) is 3. The van der Waals surface area contributed by atoms with Crippen LogP contribution in [0, 0.1) is 0 Å². The molecule has 0 fully saturated rings. The molecule has 2 rings (SSSR count). The van der Waals surface area contributed by atoms with Crippen LogP contribution >= 0.6 is 11.6 Å². The number of nitrogens with two attached hydrogens (primary N) is 1. The van der Waals surface area contributed by atoms with Crippen molar-refractivity contribution in [2.45, 2.75) is 0 Å². The molecule has 0 aliphatic heterocycles. The molecule has 0 spiro atoms. The van der Waals surface area contributed by atoms with Crippen LogP contribution in [0.3, 0.4) is 0 Å². The van der Waals surface area contributed by atoms with Gasteiger partial charge in [-0.15, -0.1) is 0 Å². The molecule has 3 nitrogen and oxygen atoms in total. The molecule has 0 aliphatic carbocycles. The van der Waals surface area contributed by atoms with Crippen LogP contribution < -0.4 is 5.73 Å². The van der Waals surface area contributed by atoms with E-state index in [9.17, 15) is 4.79 Å². The molecule has 18 heavy (non-hydrogen) atoms. The molecule has 0 aliphatic rings. The number of halogens is 1. The highest BCUT2D eigenvalue weighted by molar-refractivity contribution is 6.33. The number of hydrogen-bond donors (Lipinski definition) is 1. The molecular weight excluding hydrogens is 250 g/mol. The van der Waals surface area contributed by atoms with Crippen LogP contribution in [0.5, 0.6) is 0 Å². The predicted octanol–water partition coefficient (Wildman–Crippen LogP) is 3.38. The standard InChI is InChI=1S/C14H12ClNO2/c1-18-14(17)11-7-6-9(8-13(11)16)10-4-2-3-5-12(10)15/h2-8H,16H2,1H3. The fraction of sp³-hybridized carbons (Fsp3) is 0.0714. The Morgan fingerprint density at radius 1 is 1.22 bits per heavy atom. The molecule has 0 aromatic heterocycles. The Morgan fingerprint density at radius 3 is 2.56 bits per heavy atom. The third kappa shape index (κ3) is 2.31. The highest BCUT2D eigenvalue weighted by atomic mass is 35.5. The summed E-state index contributed by atoms with van der Waals surface area (Å²) in [4.78, 5) is 11.4. The minimum absolute atomic E-state index is 0.355. The van der Waals surface area contributed by atoms with Crippen LogP contribution in [-0.2, 0) is 4.74 Å². The minimum Gasteiger partial charge on any atom is -0.465 e. The van der Waals surface area contributed by atoms with Crippen LogP contribution in [-0.4, -0.2) is 13.1 Å². The van der Waals surface area contributed by atoms with E-state index < -0.39 is 5.97 Å². The number of nitrogen functional groups attached to an aromatic ring is 1. The van der Waals surface area contributed by atoms with Gasteiger partial charge in [0.1, 0.15) is 0 Å². The first kappa shape index (κ1) is 12.5. The van der Waals surface area contributed by atoms with Crippen LogP contribution in [0.4, 0.5) is 5.69 Å². The zero-order valence-corrected chi connectivity index (χ0v) is 10.6. The molecule has 0 saturated carbocycles. The lowest BCUT2D eigenvalue weighted by Crippen LogP contribution is -2.05. The molecule has 0 radical (unpaired) electrons. The van der Waals surface area contributed by atoms with Gasteiger partial charge < -0.3 is 10.5 Å². The molecule has 2 N–H and O–H groups in total. The summed E-state index contributed by atoms with van der Waals surface area (Å²) in [5.74, 6) is -0.446. The molecule has 92 valence electrons. The van der Waals surface area contributed by atoms with Gasteiger partial charge in [0.15, 0.2) is 0 Å². The van der Waals surface area contributed by atoms with Gasteiger partial charge in [-0.25, -0.2) is 4.79 Å².